The number of carbonyl (C=O) groups excluding carboxylic acids is 1. The first kappa shape index (κ1) is 21.5. The molecule has 5 nitrogen and oxygen atoms in total. The van der Waals surface area contributed by atoms with Gasteiger partial charge in [0.15, 0.2) is 0 Å². The molecular formula is C22H24Cl2N2O3. The SMILES string of the molecule is CCOC(=O)CCCOc1cc(C)c2nc(C)n(Cc3cc(Cl)ccc3Cl)c2c1. The van der Waals surface area contributed by atoms with Gasteiger partial charge >= 0.3 is 5.97 Å². The Labute approximate surface area is 180 Å². The van der Waals surface area contributed by atoms with Crippen molar-refractivity contribution in [1.29, 1.82) is 0 Å². The fraction of sp³-hybridized carbons (Fsp3) is 0.364. The number of hydrogen-bond donors (Lipinski definition) is 0. The lowest BCUT2D eigenvalue weighted by Crippen LogP contribution is -2.07. The molecule has 3 aromatic rings. The molecule has 0 fully saturated rings. The van der Waals surface area contributed by atoms with E-state index in [1.54, 1.807) is 19.1 Å². The summed E-state index contributed by atoms with van der Waals surface area (Å²) in [6, 6.07) is 9.40. The Bertz CT molecular complexity index is 1030. The van der Waals surface area contributed by atoms with E-state index in [0.717, 1.165) is 33.7 Å². The summed E-state index contributed by atoms with van der Waals surface area (Å²) in [5.74, 6) is 1.44. The smallest absolute Gasteiger partial charge is 0.305 e. The number of esters is 1. The summed E-state index contributed by atoms with van der Waals surface area (Å²) in [5, 5.41) is 1.31. The number of hydrogen-bond acceptors (Lipinski definition) is 4. The molecule has 29 heavy (non-hydrogen) atoms. The summed E-state index contributed by atoms with van der Waals surface area (Å²) in [6.45, 7) is 7.18. The molecule has 7 heteroatoms. The second-order valence-electron chi connectivity index (χ2n) is 6.85. The number of aromatic nitrogens is 2. The van der Waals surface area contributed by atoms with Gasteiger partial charge in [-0.15, -0.1) is 0 Å². The van der Waals surface area contributed by atoms with Gasteiger partial charge in [-0.05, 0) is 62.6 Å². The Hall–Kier alpha value is -2.24. The molecule has 0 radical (unpaired) electrons. The van der Waals surface area contributed by atoms with E-state index in [0.29, 0.717) is 42.6 Å². The zero-order valence-corrected chi connectivity index (χ0v) is 18.3. The molecule has 0 bridgehead atoms. The van der Waals surface area contributed by atoms with Crippen molar-refractivity contribution in [3.05, 3.63) is 57.3 Å². The molecule has 3 rings (SSSR count). The lowest BCUT2D eigenvalue weighted by atomic mass is 10.2. The average molecular weight is 435 g/mol. The third kappa shape index (κ3) is 5.22. The fourth-order valence-electron chi connectivity index (χ4n) is 3.23. The van der Waals surface area contributed by atoms with Crippen LogP contribution in [0.15, 0.2) is 30.3 Å². The van der Waals surface area contributed by atoms with Gasteiger partial charge in [-0.25, -0.2) is 4.98 Å². The molecule has 0 unspecified atom stereocenters. The standard InChI is InChI=1S/C22H24Cl2N2O3/c1-4-28-21(27)6-5-9-29-18-10-14(2)22-20(12-18)26(15(3)25-22)13-16-11-17(23)7-8-19(16)24/h7-8,10-12H,4-6,9,13H2,1-3H3. The topological polar surface area (TPSA) is 53.4 Å². The van der Waals surface area contributed by atoms with E-state index in [2.05, 4.69) is 4.57 Å². The van der Waals surface area contributed by atoms with Crippen molar-refractivity contribution >= 4 is 40.2 Å². The molecule has 0 N–H and O–H groups in total. The predicted octanol–water partition coefficient (Wildman–Crippen LogP) is 5.73. The maximum atomic E-state index is 11.4. The number of ether oxygens (including phenoxy) is 2. The molecule has 0 spiro atoms. The van der Waals surface area contributed by atoms with Crippen LogP contribution in [-0.2, 0) is 16.1 Å². The zero-order chi connectivity index (χ0) is 21.0. The van der Waals surface area contributed by atoms with Crippen molar-refractivity contribution in [2.24, 2.45) is 0 Å². The van der Waals surface area contributed by atoms with Crippen molar-refractivity contribution in [3.63, 3.8) is 0 Å². The lowest BCUT2D eigenvalue weighted by molar-refractivity contribution is -0.143. The van der Waals surface area contributed by atoms with Crippen LogP contribution in [0.4, 0.5) is 0 Å². The van der Waals surface area contributed by atoms with E-state index >= 15 is 0 Å². The fourth-order valence-corrected chi connectivity index (χ4v) is 3.61. The average Bonchev–Trinajstić information content (AvgIpc) is 2.98. The predicted molar refractivity (Wildman–Crippen MR) is 116 cm³/mol. The van der Waals surface area contributed by atoms with E-state index in [-0.39, 0.29) is 5.97 Å². The molecule has 0 amide bonds. The Morgan fingerprint density at radius 2 is 1.97 bits per heavy atom. The molecular weight excluding hydrogens is 411 g/mol. The third-order valence-electron chi connectivity index (χ3n) is 4.64. The van der Waals surface area contributed by atoms with Gasteiger partial charge in [-0.1, -0.05) is 23.2 Å². The van der Waals surface area contributed by atoms with Gasteiger partial charge in [0.1, 0.15) is 11.6 Å². The summed E-state index contributed by atoms with van der Waals surface area (Å²) < 4.78 is 12.9. The van der Waals surface area contributed by atoms with Crippen molar-refractivity contribution < 1.29 is 14.3 Å². The van der Waals surface area contributed by atoms with E-state index in [9.17, 15) is 4.79 Å². The Balaban J connectivity index is 1.81. The monoisotopic (exact) mass is 434 g/mol. The van der Waals surface area contributed by atoms with Crippen LogP contribution in [0.25, 0.3) is 11.0 Å². The summed E-state index contributed by atoms with van der Waals surface area (Å²) in [4.78, 5) is 16.2. The van der Waals surface area contributed by atoms with Gasteiger partial charge in [-0.2, -0.15) is 0 Å². The highest BCUT2D eigenvalue weighted by atomic mass is 35.5. The number of rotatable bonds is 8. The molecule has 0 aliphatic rings. The minimum absolute atomic E-state index is 0.199. The normalized spacial score (nSPS) is 11.1. The van der Waals surface area contributed by atoms with Crippen LogP contribution in [-0.4, -0.2) is 28.7 Å². The lowest BCUT2D eigenvalue weighted by Gasteiger charge is -2.11. The van der Waals surface area contributed by atoms with Crippen LogP contribution < -0.4 is 4.74 Å². The van der Waals surface area contributed by atoms with Crippen LogP contribution in [0.3, 0.4) is 0 Å². The Kier molecular flexibility index (Phi) is 7.04. The van der Waals surface area contributed by atoms with E-state index < -0.39 is 0 Å². The summed E-state index contributed by atoms with van der Waals surface area (Å²) in [6.07, 6.45) is 0.950. The number of halogens is 2. The minimum Gasteiger partial charge on any atom is -0.493 e. The molecule has 0 aliphatic heterocycles. The van der Waals surface area contributed by atoms with E-state index in [4.69, 9.17) is 37.7 Å². The van der Waals surface area contributed by atoms with Crippen LogP contribution >= 0.6 is 23.2 Å². The van der Waals surface area contributed by atoms with Gasteiger partial charge in [-0.3, -0.25) is 4.79 Å². The largest absolute Gasteiger partial charge is 0.493 e. The number of fused-ring (bicyclic) bond motifs is 1. The molecule has 154 valence electrons. The van der Waals surface area contributed by atoms with Crippen LogP contribution in [0.1, 0.15) is 36.7 Å². The summed E-state index contributed by atoms with van der Waals surface area (Å²) in [7, 11) is 0. The zero-order valence-electron chi connectivity index (χ0n) is 16.8. The first-order valence-corrected chi connectivity index (χ1v) is 10.3. The minimum atomic E-state index is -0.199. The molecule has 2 aromatic carbocycles. The molecule has 1 heterocycles. The maximum Gasteiger partial charge on any atom is 0.305 e. The summed E-state index contributed by atoms with van der Waals surface area (Å²) >= 11 is 12.5. The number of benzene rings is 2. The number of imidazole rings is 1. The van der Waals surface area contributed by atoms with Crippen molar-refractivity contribution in [1.82, 2.24) is 9.55 Å². The maximum absolute atomic E-state index is 11.4. The third-order valence-corrected chi connectivity index (χ3v) is 5.25. The molecule has 0 atom stereocenters. The number of nitrogens with zero attached hydrogens (tertiary/aromatic N) is 2. The number of carbonyl (C=O) groups is 1. The van der Waals surface area contributed by atoms with Crippen LogP contribution in [0.5, 0.6) is 5.75 Å². The Morgan fingerprint density at radius 3 is 2.72 bits per heavy atom. The van der Waals surface area contributed by atoms with Gasteiger partial charge in [0.25, 0.3) is 0 Å². The molecule has 1 aromatic heterocycles. The molecule has 0 saturated heterocycles. The highest BCUT2D eigenvalue weighted by Gasteiger charge is 2.14. The van der Waals surface area contributed by atoms with E-state index in [1.165, 1.54) is 0 Å². The van der Waals surface area contributed by atoms with Crippen molar-refractivity contribution in [2.45, 2.75) is 40.2 Å². The van der Waals surface area contributed by atoms with E-state index in [1.807, 2.05) is 32.0 Å². The van der Waals surface area contributed by atoms with Gasteiger partial charge in [0.2, 0.25) is 0 Å². The number of aryl methyl sites for hydroxylation is 2. The second-order valence-corrected chi connectivity index (χ2v) is 7.69. The molecule has 0 aliphatic carbocycles. The Morgan fingerprint density at radius 1 is 1.17 bits per heavy atom. The van der Waals surface area contributed by atoms with Crippen molar-refractivity contribution in [2.75, 3.05) is 13.2 Å². The van der Waals surface area contributed by atoms with Gasteiger partial charge in [0.05, 0.1) is 30.8 Å². The quantitative estimate of drug-likeness (QED) is 0.335. The highest BCUT2D eigenvalue weighted by molar-refractivity contribution is 6.33. The highest BCUT2D eigenvalue weighted by Crippen LogP contribution is 2.28. The van der Waals surface area contributed by atoms with Gasteiger partial charge in [0, 0.05) is 22.5 Å². The van der Waals surface area contributed by atoms with Crippen LogP contribution in [0.2, 0.25) is 10.0 Å². The molecule has 0 saturated carbocycles. The van der Waals surface area contributed by atoms with Crippen LogP contribution in [0, 0.1) is 13.8 Å². The first-order valence-electron chi connectivity index (χ1n) is 9.59. The second kappa shape index (κ2) is 9.51. The summed E-state index contributed by atoms with van der Waals surface area (Å²) in [5.41, 5.74) is 3.86. The van der Waals surface area contributed by atoms with Gasteiger partial charge < -0.3 is 14.0 Å². The van der Waals surface area contributed by atoms with Crippen molar-refractivity contribution in [3.8, 4) is 5.75 Å². The first-order chi connectivity index (χ1) is 13.9.